The number of carbonyl (C=O) groups is 2. The molecule has 2 amide bonds. The molecule has 0 aliphatic carbocycles. The van der Waals surface area contributed by atoms with Crippen LogP contribution in [0.25, 0.3) is 0 Å². The lowest BCUT2D eigenvalue weighted by Crippen LogP contribution is -2.51. The number of hydrogen-bond donors (Lipinski definition) is 2. The van der Waals surface area contributed by atoms with E-state index in [1.807, 2.05) is 36.9 Å². The molecular weight excluding hydrogens is 474 g/mol. The van der Waals surface area contributed by atoms with E-state index in [0.717, 1.165) is 24.4 Å². The predicted octanol–water partition coefficient (Wildman–Crippen LogP) is 5.58. The van der Waals surface area contributed by atoms with E-state index >= 15 is 0 Å². The van der Waals surface area contributed by atoms with Gasteiger partial charge in [-0.05, 0) is 58.1 Å². The summed E-state index contributed by atoms with van der Waals surface area (Å²) in [5, 5.41) is 6.68. The van der Waals surface area contributed by atoms with E-state index in [2.05, 4.69) is 15.6 Å². The fourth-order valence-electron chi connectivity index (χ4n) is 3.93. The molecule has 8 nitrogen and oxygen atoms in total. The van der Waals surface area contributed by atoms with Gasteiger partial charge in [0.15, 0.2) is 5.13 Å². The van der Waals surface area contributed by atoms with Crippen LogP contribution < -0.4 is 10.6 Å². The number of thiazole rings is 1. The Kier molecular flexibility index (Phi) is 8.76. The van der Waals surface area contributed by atoms with Crippen LogP contribution in [0.1, 0.15) is 65.5 Å². The SMILES string of the molecule is CC(C)C[C@H](NC(=O)OC(C)(C)C)C(=O)N1CCC(c2cccc(Nc3ncc(Cl)s3)n2)CC1. The Bertz CT molecular complexity index is 983. The fraction of sp³-hybridized carbons (Fsp3) is 0.583. The van der Waals surface area contributed by atoms with Crippen LogP contribution in [0.5, 0.6) is 0 Å². The van der Waals surface area contributed by atoms with Crippen LogP contribution in [0.4, 0.5) is 15.7 Å². The van der Waals surface area contributed by atoms with E-state index in [1.54, 1.807) is 27.0 Å². The zero-order valence-corrected chi connectivity index (χ0v) is 22.0. The molecule has 1 saturated heterocycles. The second-order valence-corrected chi connectivity index (χ2v) is 11.6. The molecule has 10 heteroatoms. The van der Waals surface area contributed by atoms with Crippen molar-refractivity contribution in [2.75, 3.05) is 18.4 Å². The summed E-state index contributed by atoms with van der Waals surface area (Å²) in [6.07, 6.45) is 3.23. The van der Waals surface area contributed by atoms with Crippen molar-refractivity contribution >= 4 is 45.9 Å². The highest BCUT2D eigenvalue weighted by Crippen LogP contribution is 2.30. The number of hydrogen-bond acceptors (Lipinski definition) is 7. The summed E-state index contributed by atoms with van der Waals surface area (Å²) < 4.78 is 5.99. The molecule has 3 rings (SSSR count). The van der Waals surface area contributed by atoms with Gasteiger partial charge in [0.1, 0.15) is 21.8 Å². The molecule has 1 fully saturated rings. The molecule has 1 atom stereocenters. The maximum atomic E-state index is 13.3. The third-order valence-electron chi connectivity index (χ3n) is 5.40. The van der Waals surface area contributed by atoms with Gasteiger partial charge >= 0.3 is 6.09 Å². The Morgan fingerprint density at radius 2 is 1.97 bits per heavy atom. The molecule has 0 unspecified atom stereocenters. The number of halogens is 1. The Morgan fingerprint density at radius 3 is 2.56 bits per heavy atom. The Labute approximate surface area is 210 Å². The predicted molar refractivity (Wildman–Crippen MR) is 136 cm³/mol. The maximum Gasteiger partial charge on any atom is 0.408 e. The van der Waals surface area contributed by atoms with E-state index < -0.39 is 17.7 Å². The number of pyridine rings is 1. The van der Waals surface area contributed by atoms with Crippen molar-refractivity contribution in [1.82, 2.24) is 20.2 Å². The van der Waals surface area contributed by atoms with Crippen LogP contribution in [0.15, 0.2) is 24.4 Å². The highest BCUT2D eigenvalue weighted by atomic mass is 35.5. The molecule has 3 heterocycles. The number of rotatable bonds is 7. The third kappa shape index (κ3) is 7.84. The summed E-state index contributed by atoms with van der Waals surface area (Å²) in [4.78, 5) is 36.4. The van der Waals surface area contributed by atoms with Crippen LogP contribution >= 0.6 is 22.9 Å². The number of likely N-dealkylation sites (tertiary alicyclic amines) is 1. The second kappa shape index (κ2) is 11.4. The molecule has 1 aliphatic heterocycles. The smallest absolute Gasteiger partial charge is 0.408 e. The minimum Gasteiger partial charge on any atom is -0.444 e. The number of piperidine rings is 1. The molecule has 0 saturated carbocycles. The Hall–Kier alpha value is -2.39. The number of ether oxygens (including phenoxy) is 1. The van der Waals surface area contributed by atoms with Gasteiger partial charge in [0.25, 0.3) is 0 Å². The normalized spacial score (nSPS) is 15.8. The van der Waals surface area contributed by atoms with Crippen molar-refractivity contribution in [1.29, 1.82) is 0 Å². The van der Waals surface area contributed by atoms with Gasteiger partial charge in [0.05, 0.1) is 6.20 Å². The highest BCUT2D eigenvalue weighted by Gasteiger charge is 2.31. The molecule has 0 bridgehead atoms. The molecule has 2 N–H and O–H groups in total. The summed E-state index contributed by atoms with van der Waals surface area (Å²) in [6.45, 7) is 10.7. The molecule has 2 aromatic rings. The summed E-state index contributed by atoms with van der Waals surface area (Å²) in [7, 11) is 0. The number of anilines is 2. The minimum atomic E-state index is -0.615. The quantitative estimate of drug-likeness (QED) is 0.507. The molecular formula is C24H34ClN5O3S. The summed E-state index contributed by atoms with van der Waals surface area (Å²) in [5.74, 6) is 1.18. The van der Waals surface area contributed by atoms with E-state index in [0.29, 0.717) is 29.0 Å². The molecule has 186 valence electrons. The molecule has 2 aromatic heterocycles. The lowest BCUT2D eigenvalue weighted by molar-refractivity contribution is -0.135. The van der Waals surface area contributed by atoms with Gasteiger partial charge in [-0.1, -0.05) is 42.9 Å². The average molecular weight is 508 g/mol. The van der Waals surface area contributed by atoms with E-state index in [4.69, 9.17) is 21.3 Å². The molecule has 34 heavy (non-hydrogen) atoms. The molecule has 1 aliphatic rings. The fourth-order valence-corrected chi connectivity index (χ4v) is 4.75. The van der Waals surface area contributed by atoms with Crippen LogP contribution in [0.3, 0.4) is 0 Å². The number of nitrogens with one attached hydrogen (secondary N) is 2. The van der Waals surface area contributed by atoms with Crippen LogP contribution in [-0.2, 0) is 9.53 Å². The van der Waals surface area contributed by atoms with Crippen molar-refractivity contribution in [2.45, 2.75) is 71.4 Å². The van der Waals surface area contributed by atoms with E-state index in [9.17, 15) is 9.59 Å². The number of nitrogens with zero attached hydrogens (tertiary/aromatic N) is 3. The maximum absolute atomic E-state index is 13.3. The van der Waals surface area contributed by atoms with Crippen LogP contribution in [0, 0.1) is 5.92 Å². The topological polar surface area (TPSA) is 96.5 Å². The van der Waals surface area contributed by atoms with Gasteiger partial charge in [-0.3, -0.25) is 4.79 Å². The summed E-state index contributed by atoms with van der Waals surface area (Å²) >= 11 is 7.32. The van der Waals surface area contributed by atoms with E-state index in [-0.39, 0.29) is 17.7 Å². The van der Waals surface area contributed by atoms with Crippen molar-refractivity contribution in [3.8, 4) is 0 Å². The van der Waals surface area contributed by atoms with Gasteiger partial charge in [-0.2, -0.15) is 0 Å². The standard InChI is InChI=1S/C24H34ClN5O3S/c1-15(2)13-18(28-23(32)33-24(3,4)5)21(31)30-11-9-16(10-12-30)17-7-6-8-20(27-17)29-22-26-14-19(25)34-22/h6-8,14-16,18H,9-13H2,1-5H3,(H,28,32)(H,26,27,29)/t18-/m0/s1. The van der Waals surface area contributed by atoms with E-state index in [1.165, 1.54) is 11.3 Å². The first-order valence-electron chi connectivity index (χ1n) is 11.6. The second-order valence-electron chi connectivity index (χ2n) is 9.97. The van der Waals surface area contributed by atoms with Crippen LogP contribution in [-0.4, -0.2) is 51.6 Å². The van der Waals surface area contributed by atoms with Gasteiger partial charge in [0, 0.05) is 24.7 Å². The number of amides is 2. The summed E-state index contributed by atoms with van der Waals surface area (Å²) in [6, 6.07) is 5.30. The monoisotopic (exact) mass is 507 g/mol. The lowest BCUT2D eigenvalue weighted by Gasteiger charge is -2.35. The van der Waals surface area contributed by atoms with Crippen molar-refractivity contribution in [3.63, 3.8) is 0 Å². The van der Waals surface area contributed by atoms with Crippen molar-refractivity contribution in [3.05, 3.63) is 34.4 Å². The number of aromatic nitrogens is 2. The largest absolute Gasteiger partial charge is 0.444 e. The Morgan fingerprint density at radius 1 is 1.26 bits per heavy atom. The average Bonchev–Trinajstić information content (AvgIpc) is 3.16. The third-order valence-corrected chi connectivity index (χ3v) is 6.43. The number of carbonyl (C=O) groups excluding carboxylic acids is 2. The first kappa shape index (κ1) is 26.2. The van der Waals surface area contributed by atoms with Gasteiger partial charge in [-0.25, -0.2) is 14.8 Å². The molecule has 0 spiro atoms. The molecule has 0 radical (unpaired) electrons. The first-order valence-corrected chi connectivity index (χ1v) is 12.8. The minimum absolute atomic E-state index is 0.0537. The van der Waals surface area contributed by atoms with Gasteiger partial charge < -0.3 is 20.3 Å². The summed E-state index contributed by atoms with van der Waals surface area (Å²) in [5.41, 5.74) is 0.376. The first-order chi connectivity index (χ1) is 16.0. The lowest BCUT2D eigenvalue weighted by atomic mass is 9.92. The zero-order chi connectivity index (χ0) is 24.9. The van der Waals surface area contributed by atoms with Gasteiger partial charge in [0.2, 0.25) is 5.91 Å². The zero-order valence-electron chi connectivity index (χ0n) is 20.4. The van der Waals surface area contributed by atoms with Crippen molar-refractivity contribution < 1.29 is 14.3 Å². The van der Waals surface area contributed by atoms with Crippen molar-refractivity contribution in [2.24, 2.45) is 5.92 Å². The number of alkyl carbamates (subject to hydrolysis) is 1. The highest BCUT2D eigenvalue weighted by molar-refractivity contribution is 7.19. The Balaban J connectivity index is 1.59. The van der Waals surface area contributed by atoms with Crippen LogP contribution in [0.2, 0.25) is 4.34 Å². The molecule has 0 aromatic carbocycles. The van der Waals surface area contributed by atoms with Gasteiger partial charge in [-0.15, -0.1) is 0 Å².